The Hall–Kier alpha value is -1.10. The number of carboxylic acid groups (broad SMARTS) is 1. The van der Waals surface area contributed by atoms with Gasteiger partial charge in [-0.15, -0.1) is 0 Å². The van der Waals surface area contributed by atoms with Crippen LogP contribution in [0.15, 0.2) is 0 Å². The van der Waals surface area contributed by atoms with Crippen molar-refractivity contribution in [2.75, 3.05) is 20.1 Å². The molecule has 5 nitrogen and oxygen atoms in total. The summed E-state index contributed by atoms with van der Waals surface area (Å²) in [5.74, 6) is -1.07. The van der Waals surface area contributed by atoms with Crippen LogP contribution in [0.4, 0.5) is 0 Å². The molecule has 0 bridgehead atoms. The fraction of sp³-hybridized carbons (Fsp3) is 0.846. The van der Waals surface area contributed by atoms with E-state index in [2.05, 4.69) is 18.7 Å². The molecule has 0 aromatic rings. The molecule has 5 heteroatoms. The van der Waals surface area contributed by atoms with E-state index in [1.165, 1.54) is 11.8 Å². The number of likely N-dealkylation sites (N-methyl/N-ethyl adjacent to an activating group) is 1. The Balaban J connectivity index is 2.93. The molecular weight excluding hydrogens is 232 g/mol. The molecule has 0 saturated carbocycles. The van der Waals surface area contributed by atoms with Gasteiger partial charge in [0.25, 0.3) is 0 Å². The van der Waals surface area contributed by atoms with Gasteiger partial charge in [0.2, 0.25) is 5.91 Å². The van der Waals surface area contributed by atoms with E-state index in [0.29, 0.717) is 18.9 Å². The number of carboxylic acids is 1. The molecule has 1 aliphatic heterocycles. The molecule has 104 valence electrons. The number of nitrogens with zero attached hydrogens (tertiary/aromatic N) is 2. The smallest absolute Gasteiger partial charge is 0.329 e. The first-order valence-corrected chi connectivity index (χ1v) is 6.53. The molecule has 1 rings (SSSR count). The van der Waals surface area contributed by atoms with Crippen LogP contribution in [-0.2, 0) is 9.59 Å². The molecule has 1 saturated heterocycles. The summed E-state index contributed by atoms with van der Waals surface area (Å²) in [6.07, 6.45) is 1.83. The average Bonchev–Trinajstić information content (AvgIpc) is 2.50. The molecule has 0 radical (unpaired) electrons. The SMILES string of the molecule is CC(=O)N(C)C1(C(=O)O)CCCN(C(C)C)CC1. The molecule has 1 N–H and O–H groups in total. The van der Waals surface area contributed by atoms with Crippen LogP contribution in [-0.4, -0.2) is 58.5 Å². The zero-order chi connectivity index (χ0) is 13.9. The van der Waals surface area contributed by atoms with Gasteiger partial charge < -0.3 is 14.9 Å². The van der Waals surface area contributed by atoms with Gasteiger partial charge >= 0.3 is 5.97 Å². The number of amides is 1. The van der Waals surface area contributed by atoms with Crippen molar-refractivity contribution in [3.05, 3.63) is 0 Å². The largest absolute Gasteiger partial charge is 0.479 e. The summed E-state index contributed by atoms with van der Waals surface area (Å²) in [5.41, 5.74) is -1.03. The highest BCUT2D eigenvalue weighted by molar-refractivity contribution is 5.86. The van der Waals surface area contributed by atoms with Gasteiger partial charge in [-0.25, -0.2) is 4.79 Å². The number of rotatable bonds is 3. The Morgan fingerprint density at radius 2 is 1.89 bits per heavy atom. The van der Waals surface area contributed by atoms with Crippen molar-refractivity contribution in [3.8, 4) is 0 Å². The van der Waals surface area contributed by atoms with Gasteiger partial charge in [0.05, 0.1) is 0 Å². The lowest BCUT2D eigenvalue weighted by Crippen LogP contribution is -2.55. The maximum Gasteiger partial charge on any atom is 0.329 e. The minimum Gasteiger partial charge on any atom is -0.479 e. The summed E-state index contributed by atoms with van der Waals surface area (Å²) in [4.78, 5) is 26.8. The van der Waals surface area contributed by atoms with Crippen molar-refractivity contribution in [2.45, 2.75) is 51.6 Å². The number of aliphatic carboxylic acids is 1. The maximum absolute atomic E-state index is 11.6. The second kappa shape index (κ2) is 5.69. The van der Waals surface area contributed by atoms with Crippen LogP contribution >= 0.6 is 0 Å². The van der Waals surface area contributed by atoms with Crippen LogP contribution in [0, 0.1) is 0 Å². The molecule has 1 fully saturated rings. The quantitative estimate of drug-likeness (QED) is 0.823. The molecule has 1 amide bonds. The topological polar surface area (TPSA) is 60.9 Å². The van der Waals surface area contributed by atoms with E-state index in [9.17, 15) is 14.7 Å². The van der Waals surface area contributed by atoms with Crippen LogP contribution < -0.4 is 0 Å². The van der Waals surface area contributed by atoms with Crippen molar-refractivity contribution in [2.24, 2.45) is 0 Å². The Bertz CT molecular complexity index is 330. The second-order valence-electron chi connectivity index (χ2n) is 5.40. The van der Waals surface area contributed by atoms with Gasteiger partial charge in [-0.05, 0) is 39.7 Å². The van der Waals surface area contributed by atoms with Crippen molar-refractivity contribution in [3.63, 3.8) is 0 Å². The van der Waals surface area contributed by atoms with Crippen molar-refractivity contribution in [1.82, 2.24) is 9.80 Å². The summed E-state index contributed by atoms with van der Waals surface area (Å²) < 4.78 is 0. The fourth-order valence-corrected chi connectivity index (χ4v) is 2.65. The molecular formula is C13H24N2O3. The van der Waals surface area contributed by atoms with E-state index in [1.54, 1.807) is 7.05 Å². The fourth-order valence-electron chi connectivity index (χ4n) is 2.65. The third-order valence-electron chi connectivity index (χ3n) is 4.09. The maximum atomic E-state index is 11.6. The molecule has 0 spiro atoms. The predicted octanol–water partition coefficient (Wildman–Crippen LogP) is 1.18. The summed E-state index contributed by atoms with van der Waals surface area (Å²) in [5, 5.41) is 9.55. The molecule has 1 atom stereocenters. The van der Waals surface area contributed by atoms with E-state index in [0.717, 1.165) is 19.5 Å². The van der Waals surface area contributed by atoms with Gasteiger partial charge in [0, 0.05) is 26.6 Å². The van der Waals surface area contributed by atoms with E-state index in [4.69, 9.17) is 0 Å². The normalized spacial score (nSPS) is 25.8. The Morgan fingerprint density at radius 3 is 2.33 bits per heavy atom. The van der Waals surface area contributed by atoms with E-state index < -0.39 is 11.5 Å². The Kier molecular flexibility index (Phi) is 4.73. The van der Waals surface area contributed by atoms with Gasteiger partial charge in [0.15, 0.2) is 0 Å². The van der Waals surface area contributed by atoms with Gasteiger partial charge in [-0.2, -0.15) is 0 Å². The van der Waals surface area contributed by atoms with E-state index in [1.807, 2.05) is 0 Å². The molecule has 0 aromatic heterocycles. The zero-order valence-corrected chi connectivity index (χ0v) is 11.8. The van der Waals surface area contributed by atoms with Crippen LogP contribution in [0.1, 0.15) is 40.0 Å². The Labute approximate surface area is 109 Å². The number of carbonyl (C=O) groups is 2. The third-order valence-corrected chi connectivity index (χ3v) is 4.09. The number of carbonyl (C=O) groups excluding carboxylic acids is 1. The summed E-state index contributed by atoms with van der Waals surface area (Å²) in [7, 11) is 1.60. The standard InChI is InChI=1S/C13H24N2O3/c1-10(2)15-8-5-6-13(7-9-15,12(17)18)14(4)11(3)16/h10H,5-9H2,1-4H3,(H,17,18). The first-order chi connectivity index (χ1) is 8.31. The molecule has 0 aliphatic carbocycles. The summed E-state index contributed by atoms with van der Waals surface area (Å²) in [6.45, 7) is 7.28. The van der Waals surface area contributed by atoms with Crippen LogP contribution in [0.2, 0.25) is 0 Å². The van der Waals surface area contributed by atoms with Gasteiger partial charge in [0.1, 0.15) is 5.54 Å². The molecule has 1 heterocycles. The lowest BCUT2D eigenvalue weighted by Gasteiger charge is -2.37. The van der Waals surface area contributed by atoms with Crippen molar-refractivity contribution >= 4 is 11.9 Å². The summed E-state index contributed by atoms with van der Waals surface area (Å²) >= 11 is 0. The van der Waals surface area contributed by atoms with Crippen molar-refractivity contribution < 1.29 is 14.7 Å². The van der Waals surface area contributed by atoms with E-state index in [-0.39, 0.29) is 5.91 Å². The first-order valence-electron chi connectivity index (χ1n) is 6.53. The number of hydrogen-bond acceptors (Lipinski definition) is 3. The van der Waals surface area contributed by atoms with Crippen LogP contribution in [0.25, 0.3) is 0 Å². The van der Waals surface area contributed by atoms with E-state index >= 15 is 0 Å². The second-order valence-corrected chi connectivity index (χ2v) is 5.40. The number of likely N-dealkylation sites (tertiary alicyclic amines) is 1. The third kappa shape index (κ3) is 2.83. The minimum absolute atomic E-state index is 0.185. The van der Waals surface area contributed by atoms with Gasteiger partial charge in [-0.1, -0.05) is 0 Å². The first kappa shape index (κ1) is 15.0. The highest BCUT2D eigenvalue weighted by Crippen LogP contribution is 2.29. The number of hydrogen-bond donors (Lipinski definition) is 1. The predicted molar refractivity (Wildman–Crippen MR) is 69.4 cm³/mol. The van der Waals surface area contributed by atoms with Crippen LogP contribution in [0.5, 0.6) is 0 Å². The Morgan fingerprint density at radius 1 is 1.28 bits per heavy atom. The molecule has 1 aliphatic rings. The minimum atomic E-state index is -1.03. The van der Waals surface area contributed by atoms with Gasteiger partial charge in [-0.3, -0.25) is 4.79 Å². The lowest BCUT2D eigenvalue weighted by molar-refractivity contribution is -0.158. The molecule has 18 heavy (non-hydrogen) atoms. The molecule has 1 unspecified atom stereocenters. The monoisotopic (exact) mass is 256 g/mol. The van der Waals surface area contributed by atoms with Crippen molar-refractivity contribution in [1.29, 1.82) is 0 Å². The molecule has 0 aromatic carbocycles. The van der Waals surface area contributed by atoms with Crippen LogP contribution in [0.3, 0.4) is 0 Å². The summed E-state index contributed by atoms with van der Waals surface area (Å²) in [6, 6.07) is 0.414. The average molecular weight is 256 g/mol. The zero-order valence-electron chi connectivity index (χ0n) is 11.8. The highest BCUT2D eigenvalue weighted by atomic mass is 16.4. The highest BCUT2D eigenvalue weighted by Gasteiger charge is 2.44. The lowest BCUT2D eigenvalue weighted by atomic mass is 9.89.